The Bertz CT molecular complexity index is 406. The zero-order valence-corrected chi connectivity index (χ0v) is 14.0. The van der Waals surface area contributed by atoms with E-state index in [2.05, 4.69) is 58.9 Å². The van der Waals surface area contributed by atoms with Gasteiger partial charge in [-0.2, -0.15) is 0 Å². The van der Waals surface area contributed by atoms with Crippen molar-refractivity contribution in [3.05, 3.63) is 16.0 Å². The Balaban J connectivity index is 3.21. The maximum Gasteiger partial charge on any atom is 0.159 e. The van der Waals surface area contributed by atoms with Crippen LogP contribution < -0.4 is 5.32 Å². The quantitative estimate of drug-likeness (QED) is 0.810. The Morgan fingerprint density at radius 2 is 1.95 bits per heavy atom. The summed E-state index contributed by atoms with van der Waals surface area (Å²) < 4.78 is 6.42. The number of anilines is 1. The molecular formula is C14H24BrN3O. The van der Waals surface area contributed by atoms with Gasteiger partial charge in [0.15, 0.2) is 5.82 Å². The number of rotatable bonds is 7. The molecule has 108 valence electrons. The number of ether oxygens (including phenoxy) is 1. The summed E-state index contributed by atoms with van der Waals surface area (Å²) in [4.78, 5) is 9.26. The largest absolute Gasteiger partial charge is 0.373 e. The van der Waals surface area contributed by atoms with Crippen LogP contribution in [-0.2, 0) is 4.74 Å². The second-order valence-corrected chi connectivity index (χ2v) is 5.64. The molecular weight excluding hydrogens is 306 g/mol. The maximum atomic E-state index is 5.45. The zero-order chi connectivity index (χ0) is 14.4. The van der Waals surface area contributed by atoms with E-state index < -0.39 is 0 Å². The van der Waals surface area contributed by atoms with Crippen molar-refractivity contribution in [3.63, 3.8) is 0 Å². The van der Waals surface area contributed by atoms with E-state index in [4.69, 9.17) is 4.74 Å². The molecule has 1 N–H and O–H groups in total. The highest BCUT2D eigenvalue weighted by Gasteiger charge is 2.19. The van der Waals surface area contributed by atoms with Crippen LogP contribution in [-0.4, -0.2) is 23.6 Å². The van der Waals surface area contributed by atoms with E-state index in [9.17, 15) is 0 Å². The van der Waals surface area contributed by atoms with Crippen LogP contribution in [0.15, 0.2) is 4.47 Å². The number of methoxy groups -OCH3 is 1. The number of nitrogens with one attached hydrogen (secondary N) is 1. The van der Waals surface area contributed by atoms with Crippen molar-refractivity contribution in [3.8, 4) is 0 Å². The fraction of sp³-hybridized carbons (Fsp3) is 0.714. The van der Waals surface area contributed by atoms with Gasteiger partial charge in [-0.15, -0.1) is 0 Å². The molecule has 5 heteroatoms. The molecule has 0 aliphatic rings. The van der Waals surface area contributed by atoms with Crippen LogP contribution >= 0.6 is 15.9 Å². The predicted octanol–water partition coefficient (Wildman–Crippen LogP) is 4.28. The lowest BCUT2D eigenvalue weighted by atomic mass is 10.1. The van der Waals surface area contributed by atoms with Gasteiger partial charge in [-0.05, 0) is 34.7 Å². The van der Waals surface area contributed by atoms with Crippen molar-refractivity contribution in [1.29, 1.82) is 0 Å². The lowest BCUT2D eigenvalue weighted by Gasteiger charge is -2.18. The van der Waals surface area contributed by atoms with Gasteiger partial charge in [0.25, 0.3) is 0 Å². The molecule has 0 saturated carbocycles. The molecule has 1 aromatic heterocycles. The Labute approximate surface area is 124 Å². The molecule has 1 atom stereocenters. The molecule has 0 saturated heterocycles. The van der Waals surface area contributed by atoms with Crippen molar-refractivity contribution in [2.45, 2.75) is 52.6 Å². The van der Waals surface area contributed by atoms with Gasteiger partial charge in [0.05, 0.1) is 10.2 Å². The molecule has 0 radical (unpaired) electrons. The Morgan fingerprint density at radius 1 is 1.26 bits per heavy atom. The van der Waals surface area contributed by atoms with Crippen molar-refractivity contribution in [1.82, 2.24) is 9.97 Å². The summed E-state index contributed by atoms with van der Waals surface area (Å²) in [5, 5.41) is 3.35. The SMILES string of the molecule is CCCNc1nc(C(CC)OC)nc(C(C)C)c1Br. The van der Waals surface area contributed by atoms with Gasteiger partial charge in [0.2, 0.25) is 0 Å². The molecule has 0 aromatic carbocycles. The summed E-state index contributed by atoms with van der Waals surface area (Å²) in [5.41, 5.74) is 1.03. The zero-order valence-electron chi connectivity index (χ0n) is 12.5. The summed E-state index contributed by atoms with van der Waals surface area (Å²) in [7, 11) is 1.70. The minimum Gasteiger partial charge on any atom is -0.373 e. The lowest BCUT2D eigenvalue weighted by molar-refractivity contribution is 0.0924. The lowest BCUT2D eigenvalue weighted by Crippen LogP contribution is -2.13. The molecule has 0 spiro atoms. The third-order valence-electron chi connectivity index (χ3n) is 2.93. The molecule has 1 unspecified atom stereocenters. The summed E-state index contributed by atoms with van der Waals surface area (Å²) in [6.45, 7) is 9.38. The van der Waals surface area contributed by atoms with Gasteiger partial charge in [0, 0.05) is 13.7 Å². The highest BCUT2D eigenvalue weighted by atomic mass is 79.9. The first-order valence-corrected chi connectivity index (χ1v) is 7.68. The molecule has 0 fully saturated rings. The van der Waals surface area contributed by atoms with E-state index in [0.717, 1.165) is 41.2 Å². The molecule has 1 aromatic rings. The van der Waals surface area contributed by atoms with Crippen molar-refractivity contribution in [2.75, 3.05) is 19.0 Å². The van der Waals surface area contributed by atoms with Gasteiger partial charge in [-0.3, -0.25) is 0 Å². The highest BCUT2D eigenvalue weighted by molar-refractivity contribution is 9.10. The van der Waals surface area contributed by atoms with E-state index in [1.807, 2.05) is 0 Å². The smallest absolute Gasteiger partial charge is 0.159 e. The van der Waals surface area contributed by atoms with Crippen LogP contribution in [0.25, 0.3) is 0 Å². The molecule has 0 amide bonds. The number of hydrogen-bond acceptors (Lipinski definition) is 4. The van der Waals surface area contributed by atoms with Gasteiger partial charge in [0.1, 0.15) is 11.9 Å². The van der Waals surface area contributed by atoms with E-state index in [0.29, 0.717) is 5.92 Å². The number of halogens is 1. The number of nitrogens with zero attached hydrogens (tertiary/aromatic N) is 2. The maximum absolute atomic E-state index is 5.45. The van der Waals surface area contributed by atoms with Crippen molar-refractivity contribution in [2.24, 2.45) is 0 Å². The Kier molecular flexibility index (Phi) is 6.72. The average Bonchev–Trinajstić information content (AvgIpc) is 2.39. The molecule has 0 aliphatic carbocycles. The number of aromatic nitrogens is 2. The fourth-order valence-corrected chi connectivity index (χ4v) is 2.60. The Morgan fingerprint density at radius 3 is 2.42 bits per heavy atom. The second kappa shape index (κ2) is 7.80. The fourth-order valence-electron chi connectivity index (χ4n) is 1.82. The van der Waals surface area contributed by atoms with Crippen molar-refractivity contribution < 1.29 is 4.74 Å². The molecule has 1 rings (SSSR count). The van der Waals surface area contributed by atoms with Gasteiger partial charge in [-0.1, -0.05) is 27.7 Å². The van der Waals surface area contributed by atoms with Crippen LogP contribution in [0.2, 0.25) is 0 Å². The third kappa shape index (κ3) is 4.14. The highest BCUT2D eigenvalue weighted by Crippen LogP contribution is 2.31. The first-order valence-electron chi connectivity index (χ1n) is 6.89. The monoisotopic (exact) mass is 329 g/mol. The first kappa shape index (κ1) is 16.4. The Hall–Kier alpha value is -0.680. The van der Waals surface area contributed by atoms with E-state index in [-0.39, 0.29) is 6.10 Å². The van der Waals surface area contributed by atoms with E-state index in [1.165, 1.54) is 0 Å². The third-order valence-corrected chi connectivity index (χ3v) is 3.71. The van der Waals surface area contributed by atoms with E-state index >= 15 is 0 Å². The number of hydrogen-bond donors (Lipinski definition) is 1. The van der Waals surface area contributed by atoms with E-state index in [1.54, 1.807) is 7.11 Å². The van der Waals surface area contributed by atoms with Gasteiger partial charge >= 0.3 is 0 Å². The molecule has 19 heavy (non-hydrogen) atoms. The average molecular weight is 330 g/mol. The summed E-state index contributed by atoms with van der Waals surface area (Å²) in [5.74, 6) is 1.97. The van der Waals surface area contributed by atoms with Crippen molar-refractivity contribution >= 4 is 21.7 Å². The minimum absolute atomic E-state index is 0.0484. The topological polar surface area (TPSA) is 47.0 Å². The minimum atomic E-state index is -0.0484. The molecule has 1 heterocycles. The van der Waals surface area contributed by atoms with Crippen LogP contribution in [0.3, 0.4) is 0 Å². The van der Waals surface area contributed by atoms with Gasteiger partial charge < -0.3 is 10.1 Å². The molecule has 4 nitrogen and oxygen atoms in total. The molecule has 0 bridgehead atoms. The molecule has 0 aliphatic heterocycles. The summed E-state index contributed by atoms with van der Waals surface area (Å²) >= 11 is 3.61. The van der Waals surface area contributed by atoms with Crippen LogP contribution in [0.5, 0.6) is 0 Å². The van der Waals surface area contributed by atoms with Crippen LogP contribution in [0, 0.1) is 0 Å². The van der Waals surface area contributed by atoms with Gasteiger partial charge in [-0.25, -0.2) is 9.97 Å². The van der Waals surface area contributed by atoms with Crippen LogP contribution in [0.1, 0.15) is 64.1 Å². The van der Waals surface area contributed by atoms with Crippen LogP contribution in [0.4, 0.5) is 5.82 Å². The predicted molar refractivity (Wildman–Crippen MR) is 82.6 cm³/mol. The summed E-state index contributed by atoms with van der Waals surface area (Å²) in [6.07, 6.45) is 1.88. The second-order valence-electron chi connectivity index (χ2n) is 4.84. The standard InChI is InChI=1S/C14H24BrN3O/c1-6-8-16-14-11(15)12(9(3)4)17-13(18-14)10(7-2)19-5/h9-10H,6-8H2,1-5H3,(H,16,17,18). The summed E-state index contributed by atoms with van der Waals surface area (Å²) in [6, 6.07) is 0. The normalized spacial score (nSPS) is 12.8. The first-order chi connectivity index (χ1) is 9.04.